The molecule has 0 aliphatic carbocycles. The Kier molecular flexibility index (Phi) is 5.43. The number of hydrogen-bond acceptors (Lipinski definition) is 3. The van der Waals surface area contributed by atoms with Gasteiger partial charge in [-0.15, -0.1) is 11.6 Å². The van der Waals surface area contributed by atoms with Crippen molar-refractivity contribution in [2.24, 2.45) is 4.99 Å². The van der Waals surface area contributed by atoms with Gasteiger partial charge in [-0.2, -0.15) is 0 Å². The van der Waals surface area contributed by atoms with Gasteiger partial charge in [0.25, 0.3) is 10.0 Å². The first-order valence-electron chi connectivity index (χ1n) is 9.36. The van der Waals surface area contributed by atoms with Crippen LogP contribution in [0.25, 0.3) is 0 Å². The second-order valence-corrected chi connectivity index (χ2v) is 9.09. The molecule has 0 radical (unpaired) electrons. The van der Waals surface area contributed by atoms with Crippen LogP contribution in [0.5, 0.6) is 0 Å². The maximum absolute atomic E-state index is 13.7. The van der Waals surface area contributed by atoms with Gasteiger partial charge in [-0.1, -0.05) is 78.4 Å². The number of amidine groups is 1. The molecule has 0 bridgehead atoms. The molecule has 1 aliphatic rings. The van der Waals surface area contributed by atoms with E-state index in [0.717, 1.165) is 16.7 Å². The summed E-state index contributed by atoms with van der Waals surface area (Å²) in [4.78, 5) is 4.99. The second-order valence-electron chi connectivity index (χ2n) is 7.00. The summed E-state index contributed by atoms with van der Waals surface area (Å²) >= 11 is 6.19. The van der Waals surface area contributed by atoms with Crippen molar-refractivity contribution >= 4 is 27.5 Å². The quantitative estimate of drug-likeness (QED) is 0.534. The minimum Gasteiger partial charge on any atom is -0.260 e. The van der Waals surface area contributed by atoms with Crippen molar-refractivity contribution in [2.75, 3.05) is 5.88 Å². The summed E-state index contributed by atoms with van der Waals surface area (Å²) in [5, 5.41) is 0. The number of aryl methyl sites for hydroxylation is 1. The summed E-state index contributed by atoms with van der Waals surface area (Å²) in [5.74, 6) is 0.368. The number of halogens is 1. The largest absolute Gasteiger partial charge is 0.265 e. The van der Waals surface area contributed by atoms with Crippen LogP contribution in [0.4, 0.5) is 0 Å². The van der Waals surface area contributed by atoms with Gasteiger partial charge in [-0.25, -0.2) is 12.7 Å². The minimum absolute atomic E-state index is 0.0117. The van der Waals surface area contributed by atoms with E-state index in [4.69, 9.17) is 16.6 Å². The minimum atomic E-state index is -3.84. The third-order valence-corrected chi connectivity index (χ3v) is 7.14. The van der Waals surface area contributed by atoms with Gasteiger partial charge in [0.15, 0.2) is 0 Å². The van der Waals surface area contributed by atoms with Gasteiger partial charge < -0.3 is 0 Å². The molecular formula is C23H21ClN2O2S. The molecule has 0 aromatic heterocycles. The van der Waals surface area contributed by atoms with Gasteiger partial charge in [0, 0.05) is 0 Å². The third kappa shape index (κ3) is 3.68. The average Bonchev–Trinajstić information content (AvgIpc) is 3.16. The highest BCUT2D eigenvalue weighted by molar-refractivity contribution is 7.89. The van der Waals surface area contributed by atoms with Gasteiger partial charge >= 0.3 is 0 Å². The van der Waals surface area contributed by atoms with Crippen LogP contribution in [0.15, 0.2) is 94.8 Å². The fourth-order valence-electron chi connectivity index (χ4n) is 3.66. The van der Waals surface area contributed by atoms with Gasteiger partial charge in [0.05, 0.1) is 16.8 Å². The maximum atomic E-state index is 13.7. The molecule has 0 fully saturated rings. The predicted octanol–water partition coefficient (Wildman–Crippen LogP) is 5.12. The first-order valence-corrected chi connectivity index (χ1v) is 11.3. The Balaban J connectivity index is 1.88. The number of rotatable bonds is 5. The molecule has 2 atom stereocenters. The highest BCUT2D eigenvalue weighted by atomic mass is 35.5. The first kappa shape index (κ1) is 19.7. The van der Waals surface area contributed by atoms with Crippen molar-refractivity contribution in [3.05, 3.63) is 102 Å². The second kappa shape index (κ2) is 8.01. The van der Waals surface area contributed by atoms with E-state index in [1.54, 1.807) is 24.3 Å². The van der Waals surface area contributed by atoms with Crippen LogP contribution in [0.3, 0.4) is 0 Å². The summed E-state index contributed by atoms with van der Waals surface area (Å²) in [6, 6.07) is 25.3. The average molecular weight is 425 g/mol. The Bertz CT molecular complexity index is 1110. The lowest BCUT2D eigenvalue weighted by Gasteiger charge is -2.30. The van der Waals surface area contributed by atoms with Crippen LogP contribution in [0.2, 0.25) is 0 Å². The molecule has 0 N–H and O–H groups in total. The molecule has 148 valence electrons. The Morgan fingerprint density at radius 1 is 0.862 bits per heavy atom. The SMILES string of the molecule is Cc1ccc(S(=O)(=O)N2C(CCl)=N[C@H](c3ccccc3)[C@H]2c2ccccc2)cc1. The number of alkyl halides is 1. The van der Waals surface area contributed by atoms with Crippen LogP contribution in [-0.4, -0.2) is 24.4 Å². The Labute approximate surface area is 176 Å². The third-order valence-electron chi connectivity index (χ3n) is 5.07. The van der Waals surface area contributed by atoms with E-state index < -0.39 is 16.1 Å². The number of aliphatic imine (C=N–C) groups is 1. The molecule has 0 saturated carbocycles. The normalized spacial score (nSPS) is 19.2. The lowest BCUT2D eigenvalue weighted by molar-refractivity contribution is 0.419. The zero-order valence-corrected chi connectivity index (χ0v) is 17.5. The fourth-order valence-corrected chi connectivity index (χ4v) is 5.56. The van der Waals surface area contributed by atoms with Crippen molar-refractivity contribution in [3.8, 4) is 0 Å². The summed E-state index contributed by atoms with van der Waals surface area (Å²) in [7, 11) is -3.84. The van der Waals surface area contributed by atoms with Gasteiger partial charge in [0.2, 0.25) is 0 Å². The molecule has 4 nitrogen and oxygen atoms in total. The zero-order valence-electron chi connectivity index (χ0n) is 15.9. The lowest BCUT2D eigenvalue weighted by Crippen LogP contribution is -2.38. The number of benzene rings is 3. The van der Waals surface area contributed by atoms with Gasteiger partial charge in [-0.05, 0) is 30.2 Å². The van der Waals surface area contributed by atoms with Crippen LogP contribution in [0.1, 0.15) is 28.8 Å². The molecule has 4 rings (SSSR count). The van der Waals surface area contributed by atoms with Crippen molar-refractivity contribution < 1.29 is 8.42 Å². The molecule has 1 heterocycles. The van der Waals surface area contributed by atoms with Crippen molar-refractivity contribution in [1.29, 1.82) is 0 Å². The summed E-state index contributed by atoms with van der Waals surface area (Å²) in [6.07, 6.45) is 0. The highest BCUT2D eigenvalue weighted by Crippen LogP contribution is 2.45. The Hall–Kier alpha value is -2.63. The predicted molar refractivity (Wildman–Crippen MR) is 117 cm³/mol. The first-order chi connectivity index (χ1) is 14.0. The van der Waals surface area contributed by atoms with Crippen molar-refractivity contribution in [2.45, 2.75) is 23.9 Å². The van der Waals surface area contributed by atoms with E-state index in [1.165, 1.54) is 4.31 Å². The Morgan fingerprint density at radius 3 is 1.97 bits per heavy atom. The summed E-state index contributed by atoms with van der Waals surface area (Å²) < 4.78 is 28.7. The van der Waals surface area contributed by atoms with Gasteiger partial charge in [-0.3, -0.25) is 4.99 Å². The van der Waals surface area contributed by atoms with E-state index in [-0.39, 0.29) is 16.8 Å². The van der Waals surface area contributed by atoms with Crippen molar-refractivity contribution in [1.82, 2.24) is 4.31 Å². The molecule has 0 amide bonds. The maximum Gasteiger partial charge on any atom is 0.265 e. The molecule has 1 aliphatic heterocycles. The molecule has 0 unspecified atom stereocenters. The standard InChI is InChI=1S/C23H21ClN2O2S/c1-17-12-14-20(15-13-17)29(27,28)26-21(16-24)25-22(18-8-4-2-5-9-18)23(26)19-10-6-3-7-11-19/h2-15,22-23H,16H2,1H3/t22-,23-/m1/s1. The van der Waals surface area contributed by atoms with Crippen LogP contribution < -0.4 is 0 Å². The monoisotopic (exact) mass is 424 g/mol. The van der Waals surface area contributed by atoms with E-state index in [1.807, 2.05) is 67.6 Å². The fraction of sp³-hybridized carbons (Fsp3) is 0.174. The van der Waals surface area contributed by atoms with E-state index in [9.17, 15) is 8.42 Å². The topological polar surface area (TPSA) is 49.7 Å². The molecule has 6 heteroatoms. The van der Waals surface area contributed by atoms with Gasteiger partial charge in [0.1, 0.15) is 11.9 Å². The van der Waals surface area contributed by atoms with E-state index in [0.29, 0.717) is 5.84 Å². The lowest BCUT2D eigenvalue weighted by atomic mass is 9.95. The Morgan fingerprint density at radius 2 is 1.41 bits per heavy atom. The molecule has 0 spiro atoms. The molecule has 3 aromatic carbocycles. The molecule has 3 aromatic rings. The molecule has 0 saturated heterocycles. The van der Waals surface area contributed by atoms with Crippen LogP contribution in [-0.2, 0) is 10.0 Å². The highest BCUT2D eigenvalue weighted by Gasteiger charge is 2.44. The number of hydrogen-bond donors (Lipinski definition) is 0. The molecule has 29 heavy (non-hydrogen) atoms. The number of nitrogens with zero attached hydrogens (tertiary/aromatic N) is 2. The summed E-state index contributed by atoms with van der Waals surface area (Å²) in [5.41, 5.74) is 2.82. The van der Waals surface area contributed by atoms with E-state index in [2.05, 4.69) is 0 Å². The van der Waals surface area contributed by atoms with Crippen molar-refractivity contribution in [3.63, 3.8) is 0 Å². The zero-order chi connectivity index (χ0) is 20.4. The summed E-state index contributed by atoms with van der Waals surface area (Å²) in [6.45, 7) is 1.93. The number of sulfonamides is 1. The van der Waals surface area contributed by atoms with E-state index >= 15 is 0 Å². The van der Waals surface area contributed by atoms with Crippen LogP contribution >= 0.6 is 11.6 Å². The van der Waals surface area contributed by atoms with Crippen LogP contribution in [0, 0.1) is 6.92 Å². The molecular weight excluding hydrogens is 404 g/mol. The smallest absolute Gasteiger partial charge is 0.260 e.